The molecule has 5 heteroatoms. The van der Waals surface area contributed by atoms with Gasteiger partial charge in [0.25, 0.3) is 0 Å². The van der Waals surface area contributed by atoms with Gasteiger partial charge in [0.2, 0.25) is 0 Å². The van der Waals surface area contributed by atoms with Gasteiger partial charge in [0.15, 0.2) is 0 Å². The van der Waals surface area contributed by atoms with Gasteiger partial charge in [0, 0.05) is 0 Å². The van der Waals surface area contributed by atoms with Crippen LogP contribution < -0.4 is 9.05 Å². The van der Waals surface area contributed by atoms with Crippen LogP contribution in [0.15, 0.2) is 84.9 Å². The van der Waals surface area contributed by atoms with Crippen LogP contribution in [0.25, 0.3) is 0 Å². The minimum atomic E-state index is -3.52. The highest BCUT2D eigenvalue weighted by Crippen LogP contribution is 2.51. The smallest absolute Gasteiger partial charge is 0.416 e. The quantitative estimate of drug-likeness (QED) is 0.541. The summed E-state index contributed by atoms with van der Waals surface area (Å²) >= 11 is 0. The van der Waals surface area contributed by atoms with E-state index in [0.29, 0.717) is 17.1 Å². The van der Waals surface area contributed by atoms with Crippen LogP contribution in [0.5, 0.6) is 11.5 Å². The van der Waals surface area contributed by atoms with E-state index in [1.165, 1.54) is 12.1 Å². The Hall–Kier alpha value is -2.58. The van der Waals surface area contributed by atoms with Crippen LogP contribution in [0, 0.1) is 5.82 Å². The minimum absolute atomic E-state index is 0.0388. The Morgan fingerprint density at radius 3 is 1.62 bits per heavy atom. The Morgan fingerprint density at radius 1 is 0.708 bits per heavy atom. The summed E-state index contributed by atoms with van der Waals surface area (Å²) in [4.78, 5) is 0. The molecule has 0 N–H and O–H groups in total. The summed E-state index contributed by atoms with van der Waals surface area (Å²) in [5.74, 6) is 0.569. The Kier molecular flexibility index (Phi) is 4.97. The lowest BCUT2D eigenvalue weighted by atomic mass is 10.2. The van der Waals surface area contributed by atoms with Crippen molar-refractivity contribution in [2.24, 2.45) is 0 Å². The molecular weight excluding hydrogens is 326 g/mol. The van der Waals surface area contributed by atoms with Gasteiger partial charge in [0.1, 0.15) is 17.3 Å². The predicted octanol–water partition coefficient (Wildman–Crippen LogP) is 5.68. The second kappa shape index (κ2) is 7.33. The van der Waals surface area contributed by atoms with E-state index < -0.39 is 7.60 Å². The SMILES string of the molecule is O=P(Cc1ccc(F)cc1)(Oc1ccccc1)Oc1ccccc1. The van der Waals surface area contributed by atoms with E-state index >= 15 is 0 Å². The van der Waals surface area contributed by atoms with Gasteiger partial charge in [-0.2, -0.15) is 0 Å². The molecule has 0 amide bonds. The van der Waals surface area contributed by atoms with Gasteiger partial charge in [-0.3, -0.25) is 0 Å². The molecule has 0 saturated heterocycles. The minimum Gasteiger partial charge on any atom is -0.416 e. The van der Waals surface area contributed by atoms with Crippen LogP contribution in [0.1, 0.15) is 5.56 Å². The summed E-state index contributed by atoms with van der Waals surface area (Å²) in [6, 6.07) is 23.5. The van der Waals surface area contributed by atoms with Crippen LogP contribution in [-0.2, 0) is 10.7 Å². The van der Waals surface area contributed by atoms with E-state index in [1.807, 2.05) is 12.1 Å². The number of benzene rings is 3. The van der Waals surface area contributed by atoms with Crippen molar-refractivity contribution >= 4 is 7.60 Å². The molecule has 0 unspecified atom stereocenters. The summed E-state index contributed by atoms with van der Waals surface area (Å²) in [5, 5.41) is 0. The Morgan fingerprint density at radius 2 is 1.17 bits per heavy atom. The van der Waals surface area contributed by atoms with Crippen LogP contribution >= 0.6 is 7.60 Å². The van der Waals surface area contributed by atoms with Crippen LogP contribution in [-0.4, -0.2) is 0 Å². The molecule has 0 saturated carbocycles. The number of para-hydroxylation sites is 2. The normalized spacial score (nSPS) is 11.0. The van der Waals surface area contributed by atoms with E-state index in [-0.39, 0.29) is 12.0 Å². The van der Waals surface area contributed by atoms with Crippen molar-refractivity contribution in [3.8, 4) is 11.5 Å². The summed E-state index contributed by atoms with van der Waals surface area (Å²) in [5.41, 5.74) is 0.673. The highest BCUT2D eigenvalue weighted by molar-refractivity contribution is 7.53. The van der Waals surface area contributed by atoms with Crippen LogP contribution in [0.3, 0.4) is 0 Å². The Bertz CT molecular complexity index is 775. The average Bonchev–Trinajstić information content (AvgIpc) is 2.58. The molecule has 0 fully saturated rings. The number of rotatable bonds is 6. The van der Waals surface area contributed by atoms with E-state index in [1.54, 1.807) is 60.7 Å². The fraction of sp³-hybridized carbons (Fsp3) is 0.0526. The van der Waals surface area contributed by atoms with Crippen molar-refractivity contribution in [3.63, 3.8) is 0 Å². The zero-order valence-corrected chi connectivity index (χ0v) is 13.7. The maximum absolute atomic E-state index is 13.3. The third-order valence-electron chi connectivity index (χ3n) is 3.26. The molecule has 3 aromatic rings. The van der Waals surface area contributed by atoms with Crippen LogP contribution in [0.4, 0.5) is 4.39 Å². The number of halogens is 1. The molecule has 0 heterocycles. The van der Waals surface area contributed by atoms with E-state index in [4.69, 9.17) is 9.05 Å². The molecule has 0 spiro atoms. The summed E-state index contributed by atoms with van der Waals surface area (Å²) in [6.45, 7) is 0. The molecule has 3 nitrogen and oxygen atoms in total. The standard InChI is InChI=1S/C19H16FO3P/c20-17-13-11-16(12-14-17)15-24(21,22-18-7-3-1-4-8-18)23-19-9-5-2-6-10-19/h1-14H,15H2. The predicted molar refractivity (Wildman–Crippen MR) is 91.9 cm³/mol. The topological polar surface area (TPSA) is 35.5 Å². The number of hydrogen-bond donors (Lipinski definition) is 0. The van der Waals surface area contributed by atoms with Crippen LogP contribution in [0.2, 0.25) is 0 Å². The van der Waals surface area contributed by atoms with E-state index in [2.05, 4.69) is 0 Å². The lowest BCUT2D eigenvalue weighted by Gasteiger charge is -2.20. The summed E-state index contributed by atoms with van der Waals surface area (Å²) < 4.78 is 37.7. The molecule has 3 rings (SSSR count). The lowest BCUT2D eigenvalue weighted by molar-refractivity contribution is 0.384. The average molecular weight is 342 g/mol. The fourth-order valence-electron chi connectivity index (χ4n) is 2.18. The highest BCUT2D eigenvalue weighted by atomic mass is 31.2. The largest absolute Gasteiger partial charge is 0.435 e. The van der Waals surface area contributed by atoms with Gasteiger partial charge in [0.05, 0.1) is 6.16 Å². The molecule has 3 aromatic carbocycles. The monoisotopic (exact) mass is 342 g/mol. The molecule has 0 radical (unpaired) electrons. The molecule has 0 aliphatic heterocycles. The van der Waals surface area contributed by atoms with Gasteiger partial charge in [-0.1, -0.05) is 48.5 Å². The maximum atomic E-state index is 13.3. The van der Waals surface area contributed by atoms with Gasteiger partial charge < -0.3 is 9.05 Å². The van der Waals surface area contributed by atoms with Gasteiger partial charge in [-0.15, -0.1) is 0 Å². The first-order valence-electron chi connectivity index (χ1n) is 7.46. The first kappa shape index (κ1) is 16.3. The third-order valence-corrected chi connectivity index (χ3v) is 5.00. The molecule has 0 bridgehead atoms. The van der Waals surface area contributed by atoms with Crippen molar-refractivity contribution in [2.75, 3.05) is 0 Å². The van der Waals surface area contributed by atoms with Crippen molar-refractivity contribution in [1.29, 1.82) is 0 Å². The maximum Gasteiger partial charge on any atom is 0.435 e. The van der Waals surface area contributed by atoms with Gasteiger partial charge in [-0.25, -0.2) is 8.96 Å². The Labute approximate surface area is 140 Å². The third kappa shape index (κ3) is 4.46. The molecule has 0 aromatic heterocycles. The molecule has 24 heavy (non-hydrogen) atoms. The summed E-state index contributed by atoms with van der Waals surface area (Å²) in [6.07, 6.45) is 0.0388. The van der Waals surface area contributed by atoms with E-state index in [0.717, 1.165) is 0 Å². The van der Waals surface area contributed by atoms with E-state index in [9.17, 15) is 8.96 Å². The molecule has 0 atom stereocenters. The zero-order valence-electron chi connectivity index (χ0n) is 12.8. The van der Waals surface area contributed by atoms with Gasteiger partial charge in [-0.05, 0) is 42.0 Å². The fourth-order valence-corrected chi connectivity index (χ4v) is 3.89. The first-order valence-corrected chi connectivity index (χ1v) is 9.19. The highest BCUT2D eigenvalue weighted by Gasteiger charge is 2.28. The second-order valence-electron chi connectivity index (χ2n) is 5.20. The van der Waals surface area contributed by atoms with Gasteiger partial charge >= 0.3 is 7.60 Å². The lowest BCUT2D eigenvalue weighted by Crippen LogP contribution is -2.04. The molecule has 122 valence electrons. The number of hydrogen-bond acceptors (Lipinski definition) is 3. The van der Waals surface area contributed by atoms with Crippen molar-refractivity contribution in [2.45, 2.75) is 6.16 Å². The molecule has 0 aliphatic rings. The van der Waals surface area contributed by atoms with Crippen molar-refractivity contribution < 1.29 is 18.0 Å². The summed E-state index contributed by atoms with van der Waals surface area (Å²) in [7, 11) is -3.52. The Balaban J connectivity index is 1.87. The zero-order chi connectivity index (χ0) is 16.8. The second-order valence-corrected chi connectivity index (χ2v) is 7.11. The molecular formula is C19H16FO3P. The van der Waals surface area contributed by atoms with Crippen molar-refractivity contribution in [1.82, 2.24) is 0 Å². The molecule has 0 aliphatic carbocycles. The van der Waals surface area contributed by atoms with Crippen molar-refractivity contribution in [3.05, 3.63) is 96.3 Å². The first-order chi connectivity index (χ1) is 11.6.